The summed E-state index contributed by atoms with van der Waals surface area (Å²) in [5, 5.41) is 24.6. The van der Waals surface area contributed by atoms with Crippen molar-refractivity contribution in [3.8, 4) is 0 Å². The summed E-state index contributed by atoms with van der Waals surface area (Å²) >= 11 is 0. The lowest BCUT2D eigenvalue weighted by Crippen LogP contribution is -2.42. The van der Waals surface area contributed by atoms with Crippen LogP contribution < -0.4 is 4.90 Å². The number of anilines is 1. The predicted molar refractivity (Wildman–Crippen MR) is 91.3 cm³/mol. The summed E-state index contributed by atoms with van der Waals surface area (Å²) in [7, 11) is 1.71. The quantitative estimate of drug-likeness (QED) is 0.881. The van der Waals surface area contributed by atoms with Crippen molar-refractivity contribution in [1.29, 1.82) is 0 Å². The van der Waals surface area contributed by atoms with Crippen LogP contribution >= 0.6 is 0 Å². The fourth-order valence-corrected chi connectivity index (χ4v) is 4.51. The van der Waals surface area contributed by atoms with Crippen molar-refractivity contribution >= 4 is 11.9 Å². The number of benzene rings is 1. The third-order valence-corrected chi connectivity index (χ3v) is 5.68. The lowest BCUT2D eigenvalue weighted by atomic mass is 9.67. The van der Waals surface area contributed by atoms with Gasteiger partial charge in [0.2, 0.25) is 5.95 Å². The van der Waals surface area contributed by atoms with Crippen molar-refractivity contribution in [2.45, 2.75) is 24.9 Å². The number of aryl methyl sites for hydroxylation is 1. The molecule has 2 heterocycles. The number of nitrogens with zero attached hydrogens (tertiary/aromatic N) is 4. The molecule has 1 aromatic carbocycles. The second-order valence-electron chi connectivity index (χ2n) is 7.12. The summed E-state index contributed by atoms with van der Waals surface area (Å²) in [6, 6.07) is 9.88. The van der Waals surface area contributed by atoms with E-state index in [1.807, 2.05) is 30.3 Å². The van der Waals surface area contributed by atoms with E-state index in [4.69, 9.17) is 5.11 Å². The Bertz CT molecular complexity index is 791. The van der Waals surface area contributed by atoms with E-state index in [2.05, 4.69) is 15.0 Å². The third kappa shape index (κ3) is 2.59. The Morgan fingerprint density at radius 3 is 2.72 bits per heavy atom. The molecule has 1 saturated heterocycles. The van der Waals surface area contributed by atoms with Crippen molar-refractivity contribution < 1.29 is 15.0 Å². The molecule has 2 aliphatic rings. The minimum atomic E-state index is -1.13. The van der Waals surface area contributed by atoms with Crippen molar-refractivity contribution in [3.05, 3.63) is 41.7 Å². The zero-order chi connectivity index (χ0) is 17.6. The Labute approximate surface area is 145 Å². The van der Waals surface area contributed by atoms with Crippen molar-refractivity contribution in [1.82, 2.24) is 14.8 Å². The van der Waals surface area contributed by atoms with Gasteiger partial charge in [-0.25, -0.2) is 9.48 Å². The summed E-state index contributed by atoms with van der Waals surface area (Å²) in [4.78, 5) is 17.4. The molecule has 2 fully saturated rings. The second-order valence-corrected chi connectivity index (χ2v) is 7.12. The highest BCUT2D eigenvalue weighted by Crippen LogP contribution is 2.48. The van der Waals surface area contributed by atoms with Gasteiger partial charge in [0.25, 0.3) is 5.82 Å². The SMILES string of the molecule is Cn1nc(C(=O)O)nc1N1C[C@@H]2CCC[C@@](O)(c3ccccc3)[C@@H]2C1. The van der Waals surface area contributed by atoms with Crippen LogP contribution in [0.15, 0.2) is 30.3 Å². The number of carbonyl (C=O) groups is 1. The first kappa shape index (κ1) is 16.1. The monoisotopic (exact) mass is 342 g/mol. The molecule has 0 spiro atoms. The maximum atomic E-state index is 11.5. The topological polar surface area (TPSA) is 91.5 Å². The van der Waals surface area contributed by atoms with E-state index in [0.29, 0.717) is 18.4 Å². The number of hydrogen-bond acceptors (Lipinski definition) is 5. The zero-order valence-corrected chi connectivity index (χ0v) is 14.2. The van der Waals surface area contributed by atoms with Gasteiger partial charge in [-0.3, -0.25) is 0 Å². The van der Waals surface area contributed by atoms with Gasteiger partial charge < -0.3 is 15.1 Å². The van der Waals surface area contributed by atoms with Gasteiger partial charge in [-0.15, -0.1) is 5.10 Å². The van der Waals surface area contributed by atoms with E-state index < -0.39 is 11.6 Å². The number of fused-ring (bicyclic) bond motifs is 1. The van der Waals surface area contributed by atoms with Crippen LogP contribution in [-0.4, -0.2) is 44.0 Å². The Morgan fingerprint density at radius 2 is 2.04 bits per heavy atom. The number of aromatic carboxylic acids is 1. The molecule has 0 bridgehead atoms. The Hall–Kier alpha value is -2.41. The standard InChI is InChI=1S/C18H22N4O3/c1-21-17(19-15(20-21)16(23)24)22-10-12-6-5-9-18(25,14(12)11-22)13-7-3-2-4-8-13/h2-4,7-8,12,14,25H,5-6,9-11H2,1H3,(H,23,24)/t12-,14+,18+/m0/s1. The molecule has 4 rings (SSSR count). The number of carboxylic acid groups (broad SMARTS) is 1. The number of carboxylic acids is 1. The maximum Gasteiger partial charge on any atom is 0.375 e. The average Bonchev–Trinajstić information content (AvgIpc) is 3.20. The minimum Gasteiger partial charge on any atom is -0.475 e. The lowest BCUT2D eigenvalue weighted by Gasteiger charge is -2.41. The van der Waals surface area contributed by atoms with E-state index in [0.717, 1.165) is 31.4 Å². The molecular formula is C18H22N4O3. The highest BCUT2D eigenvalue weighted by atomic mass is 16.4. The molecule has 1 aliphatic carbocycles. The fraction of sp³-hybridized carbons (Fsp3) is 0.500. The van der Waals surface area contributed by atoms with Gasteiger partial charge in [-0.2, -0.15) is 4.98 Å². The lowest BCUT2D eigenvalue weighted by molar-refractivity contribution is -0.0632. The molecule has 7 heteroatoms. The van der Waals surface area contributed by atoms with Gasteiger partial charge >= 0.3 is 5.97 Å². The number of rotatable bonds is 3. The molecule has 132 valence electrons. The number of hydrogen-bond donors (Lipinski definition) is 2. The Kier molecular flexibility index (Phi) is 3.76. The average molecular weight is 342 g/mol. The first-order chi connectivity index (χ1) is 12.0. The second kappa shape index (κ2) is 5.84. The molecule has 2 aromatic rings. The Balaban J connectivity index is 1.64. The summed E-state index contributed by atoms with van der Waals surface area (Å²) in [6.45, 7) is 1.42. The summed E-state index contributed by atoms with van der Waals surface area (Å²) in [5.41, 5.74) is 0.128. The van der Waals surface area contributed by atoms with E-state index in [-0.39, 0.29) is 11.7 Å². The molecule has 25 heavy (non-hydrogen) atoms. The van der Waals surface area contributed by atoms with Gasteiger partial charge in [-0.1, -0.05) is 30.3 Å². The van der Waals surface area contributed by atoms with Crippen molar-refractivity contribution in [2.75, 3.05) is 18.0 Å². The number of aliphatic hydroxyl groups is 1. The molecule has 1 aliphatic heterocycles. The van der Waals surface area contributed by atoms with Crippen LogP contribution in [0, 0.1) is 11.8 Å². The minimum absolute atomic E-state index is 0.105. The van der Waals surface area contributed by atoms with Crippen LogP contribution in [-0.2, 0) is 12.6 Å². The summed E-state index contributed by atoms with van der Waals surface area (Å²) in [6.07, 6.45) is 2.81. The zero-order valence-electron chi connectivity index (χ0n) is 14.2. The predicted octanol–water partition coefficient (Wildman–Crippen LogP) is 1.64. The van der Waals surface area contributed by atoms with E-state index in [9.17, 15) is 9.90 Å². The molecule has 0 amide bonds. The molecule has 7 nitrogen and oxygen atoms in total. The van der Waals surface area contributed by atoms with E-state index in [1.54, 1.807) is 7.05 Å². The van der Waals surface area contributed by atoms with Crippen molar-refractivity contribution in [3.63, 3.8) is 0 Å². The van der Waals surface area contributed by atoms with E-state index >= 15 is 0 Å². The molecule has 3 atom stereocenters. The van der Waals surface area contributed by atoms with Gasteiger partial charge in [-0.05, 0) is 30.7 Å². The number of aromatic nitrogens is 3. The summed E-state index contributed by atoms with van der Waals surface area (Å²) < 4.78 is 1.52. The summed E-state index contributed by atoms with van der Waals surface area (Å²) in [5.74, 6) is -0.287. The van der Waals surface area contributed by atoms with Gasteiger partial charge in [0.05, 0.1) is 5.60 Å². The Morgan fingerprint density at radius 1 is 1.28 bits per heavy atom. The third-order valence-electron chi connectivity index (χ3n) is 5.68. The van der Waals surface area contributed by atoms with Gasteiger partial charge in [0.15, 0.2) is 0 Å². The molecule has 1 aromatic heterocycles. The van der Waals surface area contributed by atoms with Crippen LogP contribution in [0.25, 0.3) is 0 Å². The molecule has 2 N–H and O–H groups in total. The molecule has 0 radical (unpaired) electrons. The van der Waals surface area contributed by atoms with Crippen LogP contribution in [0.3, 0.4) is 0 Å². The van der Waals surface area contributed by atoms with E-state index in [1.165, 1.54) is 4.68 Å². The van der Waals surface area contributed by atoms with Gasteiger partial charge in [0.1, 0.15) is 0 Å². The first-order valence-corrected chi connectivity index (χ1v) is 8.66. The smallest absolute Gasteiger partial charge is 0.375 e. The van der Waals surface area contributed by atoms with Crippen LogP contribution in [0.4, 0.5) is 5.95 Å². The van der Waals surface area contributed by atoms with Crippen LogP contribution in [0.5, 0.6) is 0 Å². The highest BCUT2D eigenvalue weighted by Gasteiger charge is 2.50. The van der Waals surface area contributed by atoms with Crippen LogP contribution in [0.1, 0.15) is 35.4 Å². The molecule has 0 unspecified atom stereocenters. The fourth-order valence-electron chi connectivity index (χ4n) is 4.51. The molecular weight excluding hydrogens is 320 g/mol. The normalized spacial score (nSPS) is 28.8. The van der Waals surface area contributed by atoms with Crippen LogP contribution in [0.2, 0.25) is 0 Å². The molecule has 1 saturated carbocycles. The highest BCUT2D eigenvalue weighted by molar-refractivity contribution is 5.83. The first-order valence-electron chi connectivity index (χ1n) is 8.66. The van der Waals surface area contributed by atoms with Crippen molar-refractivity contribution in [2.24, 2.45) is 18.9 Å². The maximum absolute atomic E-state index is 11.5. The largest absolute Gasteiger partial charge is 0.475 e. The van der Waals surface area contributed by atoms with Gasteiger partial charge in [0, 0.05) is 26.1 Å².